The first kappa shape index (κ1) is 39.2. The molecular formula is C31H62BNO6Si. The number of rotatable bonds is 26. The monoisotopic (exact) mass is 583 g/mol. The van der Waals surface area contributed by atoms with Gasteiger partial charge in [0.2, 0.25) is 0 Å². The van der Waals surface area contributed by atoms with Crippen LogP contribution < -0.4 is 9.59 Å². The van der Waals surface area contributed by atoms with Crippen LogP contribution in [-0.2, 0) is 26.2 Å². The maximum Gasteiger partial charge on any atom is 0.501 e. The fraction of sp³-hybridized carbons (Fsp3) is 0.839. The van der Waals surface area contributed by atoms with Crippen molar-refractivity contribution < 1.29 is 32.9 Å². The standard InChI is InChI=1S/C31H60NO3Si.BH2O3/c1-5-9-10-11-12-13-14-15-16-17-18-19-20-21-22-23-27-32-28-24-31(25-29-32)26-30-36(33-6-2,34-7-3)35-8-4;2-1(3)4/h24-25,28-29H,5-23,26-27,30H2,1-4H3;2-3H/q+1;-1. The van der Waals surface area contributed by atoms with Gasteiger partial charge in [-0.15, -0.1) is 0 Å². The van der Waals surface area contributed by atoms with Crippen LogP contribution in [0.1, 0.15) is 136 Å². The highest BCUT2D eigenvalue weighted by atomic mass is 28.4. The van der Waals surface area contributed by atoms with Gasteiger partial charge in [0.1, 0.15) is 6.54 Å². The molecule has 0 unspecified atom stereocenters. The van der Waals surface area contributed by atoms with Gasteiger partial charge < -0.3 is 28.4 Å². The molecule has 0 fully saturated rings. The molecule has 1 aromatic rings. The van der Waals surface area contributed by atoms with Crippen molar-refractivity contribution >= 4 is 16.1 Å². The molecule has 0 saturated carbocycles. The molecule has 9 heteroatoms. The van der Waals surface area contributed by atoms with Gasteiger partial charge in [-0.25, -0.2) is 4.57 Å². The summed E-state index contributed by atoms with van der Waals surface area (Å²) in [5.41, 5.74) is 1.33. The molecule has 0 amide bonds. The zero-order valence-corrected chi connectivity index (χ0v) is 27.4. The molecule has 0 aromatic carbocycles. The van der Waals surface area contributed by atoms with E-state index in [1.54, 1.807) is 0 Å². The third-order valence-electron chi connectivity index (χ3n) is 7.04. The Labute approximate surface area is 248 Å². The van der Waals surface area contributed by atoms with Gasteiger partial charge in [0, 0.05) is 44.4 Å². The topological polar surface area (TPSA) is 95.1 Å². The molecule has 1 heterocycles. The van der Waals surface area contributed by atoms with Gasteiger partial charge >= 0.3 is 16.1 Å². The van der Waals surface area contributed by atoms with Crippen molar-refractivity contribution in [1.82, 2.24) is 0 Å². The lowest BCUT2D eigenvalue weighted by molar-refractivity contribution is -0.697. The summed E-state index contributed by atoms with van der Waals surface area (Å²) < 4.78 is 20.3. The molecule has 0 aliphatic carbocycles. The number of hydrogen-bond donors (Lipinski definition) is 2. The molecule has 1 aromatic heterocycles. The lowest BCUT2D eigenvalue weighted by Crippen LogP contribution is -2.46. The number of hydrogen-bond acceptors (Lipinski definition) is 6. The Morgan fingerprint density at radius 1 is 0.650 bits per heavy atom. The smallest absolute Gasteiger partial charge is 0.501 e. The maximum absolute atomic E-state index is 8.64. The molecule has 0 aliphatic rings. The minimum absolute atomic E-state index is 0.639. The van der Waals surface area contributed by atoms with Gasteiger partial charge in [0.05, 0.1) is 0 Å². The summed E-state index contributed by atoms with van der Waals surface area (Å²) in [5.74, 6) is 0. The van der Waals surface area contributed by atoms with Crippen molar-refractivity contribution in [1.29, 1.82) is 0 Å². The van der Waals surface area contributed by atoms with Crippen LogP contribution >= 0.6 is 0 Å². The van der Waals surface area contributed by atoms with Gasteiger partial charge in [-0.2, -0.15) is 0 Å². The average Bonchev–Trinajstić information content (AvgIpc) is 2.92. The summed E-state index contributed by atoms with van der Waals surface area (Å²) in [7, 11) is -4.97. The van der Waals surface area contributed by atoms with Crippen molar-refractivity contribution in [2.75, 3.05) is 19.8 Å². The van der Waals surface area contributed by atoms with Gasteiger partial charge in [-0.3, -0.25) is 0 Å². The molecule has 0 saturated heterocycles. The Hall–Kier alpha value is -0.808. The Morgan fingerprint density at radius 2 is 1.00 bits per heavy atom. The predicted octanol–water partition coefficient (Wildman–Crippen LogP) is 6.14. The van der Waals surface area contributed by atoms with E-state index >= 15 is 0 Å². The molecular weight excluding hydrogens is 521 g/mol. The third kappa shape index (κ3) is 23.9. The first-order chi connectivity index (χ1) is 19.4. The van der Waals surface area contributed by atoms with E-state index in [9.17, 15) is 0 Å². The lowest BCUT2D eigenvalue weighted by atomic mass is 10.0. The second-order valence-corrected chi connectivity index (χ2v) is 13.3. The first-order valence-electron chi connectivity index (χ1n) is 16.3. The van der Waals surface area contributed by atoms with E-state index in [1.807, 2.05) is 20.8 Å². The van der Waals surface area contributed by atoms with Crippen LogP contribution in [0.25, 0.3) is 0 Å². The number of nitrogens with zero attached hydrogens (tertiary/aromatic N) is 1. The molecule has 0 radical (unpaired) electrons. The fourth-order valence-corrected chi connectivity index (χ4v) is 7.54. The molecule has 0 bridgehead atoms. The van der Waals surface area contributed by atoms with Gasteiger partial charge in [-0.05, 0) is 39.2 Å². The minimum atomic E-state index is -2.55. The quantitative estimate of drug-likeness (QED) is 0.0773. The lowest BCUT2D eigenvalue weighted by Gasteiger charge is -2.28. The summed E-state index contributed by atoms with van der Waals surface area (Å²) in [6.45, 7) is 11.4. The maximum atomic E-state index is 8.64. The van der Waals surface area contributed by atoms with Crippen LogP contribution in [0.3, 0.4) is 0 Å². The van der Waals surface area contributed by atoms with E-state index in [4.69, 9.17) is 28.4 Å². The van der Waals surface area contributed by atoms with Crippen LogP contribution in [0.4, 0.5) is 0 Å². The van der Waals surface area contributed by atoms with Crippen molar-refractivity contribution in [3.63, 3.8) is 0 Å². The van der Waals surface area contributed by atoms with Crippen LogP contribution in [-0.4, -0.2) is 46.0 Å². The zero-order valence-electron chi connectivity index (χ0n) is 26.4. The van der Waals surface area contributed by atoms with E-state index in [-0.39, 0.29) is 0 Å². The van der Waals surface area contributed by atoms with Gasteiger partial charge in [0.25, 0.3) is 0 Å². The molecule has 0 spiro atoms. The number of pyridine rings is 1. The second kappa shape index (κ2) is 28.3. The van der Waals surface area contributed by atoms with E-state index in [2.05, 4.69) is 36.0 Å². The van der Waals surface area contributed by atoms with Crippen LogP contribution in [0.15, 0.2) is 24.5 Å². The normalized spacial score (nSPS) is 11.4. The Bertz CT molecular complexity index is 633. The van der Waals surface area contributed by atoms with Crippen molar-refractivity contribution in [2.45, 2.75) is 149 Å². The molecule has 234 valence electrons. The third-order valence-corrected chi connectivity index (χ3v) is 10.1. The summed E-state index contributed by atoms with van der Waals surface area (Å²) in [6.07, 6.45) is 28.1. The zero-order chi connectivity index (χ0) is 29.7. The van der Waals surface area contributed by atoms with E-state index in [1.165, 1.54) is 108 Å². The number of unbranched alkanes of at least 4 members (excludes halogenated alkanes) is 15. The Balaban J connectivity index is 0.00000354. The van der Waals surface area contributed by atoms with Gasteiger partial charge in [0.15, 0.2) is 12.4 Å². The van der Waals surface area contributed by atoms with Crippen LogP contribution in [0, 0.1) is 0 Å². The largest absolute Gasteiger partial charge is 0.832 e. The average molecular weight is 584 g/mol. The summed E-state index contributed by atoms with van der Waals surface area (Å²) in [6, 6.07) is 5.33. The van der Waals surface area contributed by atoms with Crippen molar-refractivity contribution in [2.24, 2.45) is 0 Å². The van der Waals surface area contributed by atoms with Crippen molar-refractivity contribution in [3.8, 4) is 0 Å². The minimum Gasteiger partial charge on any atom is -0.832 e. The molecule has 1 rings (SSSR count). The SMILES string of the molecule is CCCCCCCCCCCCCCCCCC[n+]1ccc(CC[Si](OCC)(OCC)OCC)cc1.[O-]B(O)O. The van der Waals surface area contributed by atoms with Crippen LogP contribution in [0.5, 0.6) is 0 Å². The number of aryl methyl sites for hydroxylation is 2. The highest BCUT2D eigenvalue weighted by molar-refractivity contribution is 6.60. The highest BCUT2D eigenvalue weighted by Crippen LogP contribution is 2.19. The molecule has 0 aliphatic heterocycles. The molecule has 0 atom stereocenters. The van der Waals surface area contributed by atoms with E-state index in [0.717, 1.165) is 19.0 Å². The predicted molar refractivity (Wildman–Crippen MR) is 166 cm³/mol. The Kier molecular flexibility index (Phi) is 27.7. The van der Waals surface area contributed by atoms with E-state index < -0.39 is 16.1 Å². The van der Waals surface area contributed by atoms with Gasteiger partial charge in [-0.1, -0.05) is 96.8 Å². The van der Waals surface area contributed by atoms with Crippen molar-refractivity contribution in [3.05, 3.63) is 30.1 Å². The summed E-state index contributed by atoms with van der Waals surface area (Å²) in [5, 5.41) is 22.8. The fourth-order valence-electron chi connectivity index (χ4n) is 4.95. The molecule has 40 heavy (non-hydrogen) atoms. The summed E-state index contributed by atoms with van der Waals surface area (Å²) in [4.78, 5) is 0. The first-order valence-corrected chi connectivity index (χ1v) is 18.3. The van der Waals surface area contributed by atoms with E-state index in [0.29, 0.717) is 19.8 Å². The Morgan fingerprint density at radius 3 is 1.35 bits per heavy atom. The second-order valence-electron chi connectivity index (χ2n) is 10.6. The van der Waals surface area contributed by atoms with Crippen LogP contribution in [0.2, 0.25) is 6.04 Å². The molecule has 2 N–H and O–H groups in total. The number of aromatic nitrogens is 1. The summed E-state index contributed by atoms with van der Waals surface area (Å²) >= 11 is 0. The molecule has 7 nitrogen and oxygen atoms in total. The highest BCUT2D eigenvalue weighted by Gasteiger charge is 2.39.